The number of carbonyl (C=O) groups excluding carboxylic acids is 9. The largest absolute Gasteiger partial charge is 0.495 e. The fraction of sp³-hybridized carbons (Fsp3) is 0.603. The third kappa shape index (κ3) is 18.0. The zero-order valence-corrected chi connectivity index (χ0v) is 52.6. The van der Waals surface area contributed by atoms with Crippen LogP contribution in [0.15, 0.2) is 60.2 Å². The Hall–Kier alpha value is -7.08. The third-order valence-corrected chi connectivity index (χ3v) is 17.4. The average molecular weight is 1230 g/mol. The molecule has 478 valence electrons. The van der Waals surface area contributed by atoms with Crippen LogP contribution in [0.3, 0.4) is 0 Å². The number of unbranched alkanes of at least 4 members (excludes halogenated alkanes) is 1. The molecule has 1 aliphatic carbocycles. The first-order valence-electron chi connectivity index (χ1n) is 29.9. The smallest absolute Gasteiger partial charge is 0.328 e. The molecule has 2 saturated heterocycles. The van der Waals surface area contributed by atoms with E-state index in [1.165, 1.54) is 52.3 Å². The van der Waals surface area contributed by atoms with Crippen LogP contribution in [0, 0.1) is 17.8 Å². The van der Waals surface area contributed by atoms with E-state index in [-0.39, 0.29) is 78.8 Å². The Labute approximate surface area is 514 Å². The van der Waals surface area contributed by atoms with Crippen molar-refractivity contribution >= 4 is 76.5 Å². The number of primary amides is 1. The van der Waals surface area contributed by atoms with Crippen molar-refractivity contribution < 1.29 is 76.7 Å². The number of carbonyl (C=O) groups is 9. The lowest BCUT2D eigenvalue weighted by Gasteiger charge is -2.41. The Morgan fingerprint density at radius 1 is 0.977 bits per heavy atom. The fourth-order valence-electron chi connectivity index (χ4n) is 11.2. The number of esters is 3. The summed E-state index contributed by atoms with van der Waals surface area (Å²) in [6.45, 7) is 12.1. The molecule has 0 radical (unpaired) electrons. The van der Waals surface area contributed by atoms with Gasteiger partial charge in [-0.25, -0.2) is 9.59 Å². The van der Waals surface area contributed by atoms with Gasteiger partial charge in [0.05, 0.1) is 55.0 Å². The van der Waals surface area contributed by atoms with Crippen LogP contribution in [0.2, 0.25) is 5.02 Å². The van der Waals surface area contributed by atoms with Crippen molar-refractivity contribution in [2.75, 3.05) is 45.1 Å². The van der Waals surface area contributed by atoms with E-state index in [2.05, 4.69) is 21.3 Å². The minimum absolute atomic E-state index is 0.00838. The number of hydrogen-bond donors (Lipinski definition) is 6. The lowest BCUT2D eigenvalue weighted by atomic mass is 9.78. The topological polar surface area (TPSA) is 313 Å². The highest BCUT2D eigenvalue weighted by Crippen LogP contribution is 2.50. The molecule has 2 aromatic rings. The summed E-state index contributed by atoms with van der Waals surface area (Å²) >= 11 is 6.87. The number of fused-ring (bicyclic) bond motifs is 5. The summed E-state index contributed by atoms with van der Waals surface area (Å²) in [5, 5.41) is 23.0. The number of amides is 7. The van der Waals surface area contributed by atoms with Gasteiger partial charge in [-0.1, -0.05) is 74.7 Å². The molecule has 0 spiro atoms. The van der Waals surface area contributed by atoms with Gasteiger partial charge in [0.15, 0.2) is 0 Å². The van der Waals surface area contributed by atoms with Gasteiger partial charge < -0.3 is 70.3 Å². The number of aliphatic hydroxyl groups is 1. The van der Waals surface area contributed by atoms with E-state index in [9.17, 15) is 48.3 Å². The molecule has 87 heavy (non-hydrogen) atoms. The van der Waals surface area contributed by atoms with Gasteiger partial charge in [0.2, 0.25) is 23.6 Å². The molecule has 2 aromatic carbocycles. The van der Waals surface area contributed by atoms with Crippen LogP contribution in [-0.4, -0.2) is 158 Å². The zero-order chi connectivity index (χ0) is 64.1. The van der Waals surface area contributed by atoms with Crippen LogP contribution >= 0.6 is 11.6 Å². The van der Waals surface area contributed by atoms with Crippen molar-refractivity contribution in [3.63, 3.8) is 0 Å². The highest BCUT2D eigenvalue weighted by molar-refractivity contribution is 6.35. The standard InChI is InChI=1S/C63H88ClN7O16/c1-35(2)54(69-50(72)27-15-12-20-37(4)84-60(79)41-21-17-22-41)57(76)68-44(25-18-28-66-61(65)80)56(75)67-43-24-14-13-23-42(43)58(77)70(8)39(6)59(78)86-49-32-51(73)71(9)45-30-40(31-46(82-10)53(45)64)29-36(3)19-16-26-48(83-11)63(81)33-47(85-52(74)34-63)38(5)55-62(49,7)87-55/h13-14,16,19,23-24,26,30-31,35,37-39,41,44,47-49,54-55,81H,12,15,17-18,20-22,25,27-29,32-34H2,1-11H3,(H,67,75)(H,68,76)(H,69,72)(H3,65,66,80)/b26-16+,36-19+/t37?,38-,39+,44+,47+,48-,49+,54+,55+,62+,63-/m1/s1. The van der Waals surface area contributed by atoms with Crippen LogP contribution in [0.25, 0.3) is 0 Å². The molecular formula is C63H88ClN7O16. The van der Waals surface area contributed by atoms with Gasteiger partial charge in [0.25, 0.3) is 5.91 Å². The first-order valence-corrected chi connectivity index (χ1v) is 30.3. The number of hydrogen-bond acceptors (Lipinski definition) is 16. The molecule has 7 amide bonds. The molecule has 1 saturated carbocycles. The van der Waals surface area contributed by atoms with Gasteiger partial charge >= 0.3 is 23.9 Å². The highest BCUT2D eigenvalue weighted by Gasteiger charge is 2.64. The number of urea groups is 1. The van der Waals surface area contributed by atoms with Gasteiger partial charge in [-0.15, -0.1) is 0 Å². The summed E-state index contributed by atoms with van der Waals surface area (Å²) in [5.41, 5.74) is 4.16. The number of epoxide rings is 1. The molecule has 4 aliphatic rings. The summed E-state index contributed by atoms with van der Waals surface area (Å²) in [6.07, 6.45) is 5.28. The minimum atomic E-state index is -1.68. The highest BCUT2D eigenvalue weighted by atomic mass is 35.5. The van der Waals surface area contributed by atoms with E-state index < -0.39 is 114 Å². The summed E-state index contributed by atoms with van der Waals surface area (Å²) in [5.74, 6) is -5.56. The van der Waals surface area contributed by atoms with Gasteiger partial charge in [0, 0.05) is 46.5 Å². The molecule has 6 rings (SSSR count). The maximum atomic E-state index is 14.6. The molecule has 7 N–H and O–H groups in total. The van der Waals surface area contributed by atoms with Gasteiger partial charge in [0.1, 0.15) is 58.4 Å². The lowest BCUT2D eigenvalue weighted by molar-refractivity contribution is -0.187. The number of nitrogens with one attached hydrogen (secondary N) is 4. The maximum Gasteiger partial charge on any atom is 0.328 e. The van der Waals surface area contributed by atoms with E-state index in [1.807, 2.05) is 19.9 Å². The van der Waals surface area contributed by atoms with Gasteiger partial charge in [-0.05, 0) is 115 Å². The molecule has 24 heteroatoms. The molecule has 23 nitrogen and oxygen atoms in total. The number of para-hydroxylation sites is 1. The Morgan fingerprint density at radius 2 is 1.69 bits per heavy atom. The lowest BCUT2D eigenvalue weighted by Crippen LogP contribution is -2.54. The minimum Gasteiger partial charge on any atom is -0.495 e. The average Bonchev–Trinajstić information content (AvgIpc) is 1.59. The predicted molar refractivity (Wildman–Crippen MR) is 323 cm³/mol. The number of likely N-dealkylation sites (N-methyl/N-ethyl adjacent to an activating group) is 1. The number of nitrogens with zero attached hydrogens (tertiary/aromatic N) is 2. The normalized spacial score (nSPS) is 25.5. The van der Waals surface area contributed by atoms with Crippen molar-refractivity contribution in [2.24, 2.45) is 23.5 Å². The molecule has 11 atom stereocenters. The molecule has 1 unspecified atom stereocenters. The van der Waals surface area contributed by atoms with E-state index in [0.717, 1.165) is 35.3 Å². The van der Waals surface area contributed by atoms with Crippen LogP contribution < -0.4 is 36.6 Å². The second-order valence-electron chi connectivity index (χ2n) is 24.1. The monoisotopic (exact) mass is 1230 g/mol. The first kappa shape index (κ1) is 69.0. The number of halogens is 1. The number of benzene rings is 2. The van der Waals surface area contributed by atoms with Gasteiger partial charge in [-0.2, -0.15) is 0 Å². The first-order chi connectivity index (χ1) is 41.1. The Morgan fingerprint density at radius 3 is 2.34 bits per heavy atom. The second kappa shape index (κ2) is 30.7. The SMILES string of the molecule is COc1cc2cc(c1Cl)N(C)C(=O)C[C@H](OC(=O)[C@H](C)N(C)C(=O)c1ccccc1NC(=O)[C@H](CCCNC(N)=O)NC(=O)[C@@H](NC(=O)CCCCC(C)OC(=O)C1CCC1)C(C)C)[C@]1(C)O[C@H]1[C@H](C)[C@@H]1C[C@@](O)(CC(=O)O1)[C@H](OC)/C=C/C=C(\C)C2. The summed E-state index contributed by atoms with van der Waals surface area (Å²) in [6, 6.07) is 5.12. The van der Waals surface area contributed by atoms with Crippen LogP contribution in [0.5, 0.6) is 5.75 Å². The third-order valence-electron chi connectivity index (χ3n) is 17.0. The predicted octanol–water partition coefficient (Wildman–Crippen LogP) is 6.38. The second-order valence-corrected chi connectivity index (χ2v) is 24.4. The van der Waals surface area contributed by atoms with E-state index >= 15 is 0 Å². The van der Waals surface area contributed by atoms with Crippen molar-refractivity contribution in [3.05, 3.63) is 76.3 Å². The maximum absolute atomic E-state index is 14.6. The van der Waals surface area contributed by atoms with Crippen LogP contribution in [0.4, 0.5) is 16.2 Å². The Balaban J connectivity index is 1.19. The number of nitrogens with two attached hydrogens (primary N) is 1. The van der Waals surface area contributed by atoms with Crippen molar-refractivity contribution in [3.8, 4) is 5.75 Å². The summed E-state index contributed by atoms with van der Waals surface area (Å²) < 4.78 is 35.4. The van der Waals surface area contributed by atoms with Crippen LogP contribution in [-0.2, 0) is 63.7 Å². The Bertz CT molecular complexity index is 2920. The van der Waals surface area contributed by atoms with Crippen molar-refractivity contribution in [2.45, 2.75) is 192 Å². The van der Waals surface area contributed by atoms with E-state index in [4.69, 9.17) is 45.8 Å². The molecule has 4 bridgehead atoms. The fourth-order valence-corrected chi connectivity index (χ4v) is 11.5. The van der Waals surface area contributed by atoms with E-state index in [0.29, 0.717) is 37.1 Å². The molecule has 3 aliphatic heterocycles. The molecular weight excluding hydrogens is 1150 g/mol. The number of methoxy groups -OCH3 is 2. The summed E-state index contributed by atoms with van der Waals surface area (Å²) in [7, 11) is 5.78. The number of anilines is 2. The number of rotatable bonds is 23. The number of allylic oxidation sites excluding steroid dienone is 3. The van der Waals surface area contributed by atoms with Crippen molar-refractivity contribution in [1.82, 2.24) is 20.9 Å². The van der Waals surface area contributed by atoms with Crippen molar-refractivity contribution in [1.29, 1.82) is 0 Å². The van der Waals surface area contributed by atoms with Crippen LogP contribution in [0.1, 0.15) is 141 Å². The molecule has 3 fully saturated rings. The molecule has 0 aromatic heterocycles. The van der Waals surface area contributed by atoms with E-state index in [1.54, 1.807) is 64.1 Å². The summed E-state index contributed by atoms with van der Waals surface area (Å²) in [4.78, 5) is 125. The Kier molecular flexibility index (Phi) is 24.4. The van der Waals surface area contributed by atoms with Gasteiger partial charge in [-0.3, -0.25) is 33.6 Å². The quantitative estimate of drug-likeness (QED) is 0.0304. The number of ether oxygens (including phenoxy) is 6. The zero-order valence-electron chi connectivity index (χ0n) is 51.9. The molecule has 3 heterocycles.